The summed E-state index contributed by atoms with van der Waals surface area (Å²) in [6, 6.07) is 13.3. The van der Waals surface area contributed by atoms with Gasteiger partial charge < -0.3 is 4.90 Å². The number of hydrogen-bond acceptors (Lipinski definition) is 5. The Morgan fingerprint density at radius 1 is 0.969 bits per heavy atom. The van der Waals surface area contributed by atoms with Crippen LogP contribution in [0.25, 0.3) is 0 Å². The van der Waals surface area contributed by atoms with Crippen LogP contribution in [0.4, 0.5) is 16.2 Å². The van der Waals surface area contributed by atoms with Gasteiger partial charge in [0, 0.05) is 43.0 Å². The van der Waals surface area contributed by atoms with Crippen LogP contribution >= 0.6 is 0 Å². The lowest BCUT2D eigenvalue weighted by Gasteiger charge is -2.29. The molecule has 3 aliphatic rings. The number of amides is 5. The summed E-state index contributed by atoms with van der Waals surface area (Å²) in [7, 11) is 0. The van der Waals surface area contributed by atoms with E-state index in [0.29, 0.717) is 42.0 Å². The highest BCUT2D eigenvalue weighted by atomic mass is 16.2. The van der Waals surface area contributed by atoms with Gasteiger partial charge in [-0.3, -0.25) is 29.5 Å². The molecule has 0 aromatic heterocycles. The zero-order chi connectivity index (χ0) is 22.4. The molecule has 32 heavy (non-hydrogen) atoms. The summed E-state index contributed by atoms with van der Waals surface area (Å²) in [6.45, 7) is 1.20. The fraction of sp³-hybridized carbons (Fsp3) is 0.261. The first-order valence-corrected chi connectivity index (χ1v) is 10.3. The molecular weight excluding hydrogens is 410 g/mol. The quantitative estimate of drug-likeness (QED) is 0.747. The van der Waals surface area contributed by atoms with Crippen LogP contribution in [-0.4, -0.2) is 47.8 Å². The number of urea groups is 1. The van der Waals surface area contributed by atoms with E-state index in [1.807, 2.05) is 6.07 Å². The Balaban J connectivity index is 1.36. The van der Waals surface area contributed by atoms with Crippen molar-refractivity contribution in [3.05, 3.63) is 59.2 Å². The second-order valence-electron chi connectivity index (χ2n) is 7.99. The van der Waals surface area contributed by atoms with Crippen LogP contribution in [0.2, 0.25) is 0 Å². The molecule has 2 aromatic carbocycles. The molecule has 1 atom stereocenters. The van der Waals surface area contributed by atoms with Gasteiger partial charge in [-0.15, -0.1) is 0 Å². The molecule has 5 rings (SSSR count). The maximum Gasteiger partial charge on any atom is 0.329 e. The second kappa shape index (κ2) is 7.50. The Kier molecular flexibility index (Phi) is 4.63. The third-order valence-corrected chi connectivity index (χ3v) is 6.11. The fourth-order valence-corrected chi connectivity index (χ4v) is 4.49. The number of anilines is 2. The normalized spacial score (nSPS) is 20.5. The average molecular weight is 429 g/mol. The smallest absolute Gasteiger partial charge is 0.322 e. The first-order valence-electron chi connectivity index (χ1n) is 10.3. The molecule has 9 heteroatoms. The SMILES string of the molecule is N#Cc1cccc(N2CCN(c3ccc4c(c3)CN(C3CCC(=O)NC3=O)C4=O)C2=O)c1. The van der Waals surface area contributed by atoms with Crippen molar-refractivity contribution >= 4 is 35.1 Å². The molecule has 9 nitrogen and oxygen atoms in total. The molecule has 0 bridgehead atoms. The maximum absolute atomic E-state index is 13.1. The summed E-state index contributed by atoms with van der Waals surface area (Å²) in [6.07, 6.45) is 0.505. The van der Waals surface area contributed by atoms with Gasteiger partial charge in [0.1, 0.15) is 6.04 Å². The molecule has 160 valence electrons. The van der Waals surface area contributed by atoms with Gasteiger partial charge >= 0.3 is 6.03 Å². The first kappa shape index (κ1) is 19.8. The number of rotatable bonds is 3. The van der Waals surface area contributed by atoms with Gasteiger partial charge in [-0.1, -0.05) is 6.07 Å². The van der Waals surface area contributed by atoms with E-state index in [1.54, 1.807) is 46.2 Å². The van der Waals surface area contributed by atoms with Gasteiger partial charge in [0.05, 0.1) is 11.6 Å². The summed E-state index contributed by atoms with van der Waals surface area (Å²) < 4.78 is 0. The lowest BCUT2D eigenvalue weighted by molar-refractivity contribution is -0.136. The van der Waals surface area contributed by atoms with Crippen LogP contribution in [0.15, 0.2) is 42.5 Å². The molecule has 0 spiro atoms. The Morgan fingerprint density at radius 2 is 1.72 bits per heavy atom. The van der Waals surface area contributed by atoms with Crippen LogP contribution in [0.3, 0.4) is 0 Å². The Morgan fingerprint density at radius 3 is 2.44 bits per heavy atom. The third kappa shape index (κ3) is 3.17. The van der Waals surface area contributed by atoms with Crippen molar-refractivity contribution < 1.29 is 19.2 Å². The maximum atomic E-state index is 13.1. The molecule has 1 unspecified atom stereocenters. The minimum Gasteiger partial charge on any atom is -0.322 e. The number of hydrogen-bond donors (Lipinski definition) is 1. The zero-order valence-corrected chi connectivity index (χ0v) is 17.1. The number of fused-ring (bicyclic) bond motifs is 1. The summed E-state index contributed by atoms with van der Waals surface area (Å²) in [5.74, 6) is -1.02. The third-order valence-electron chi connectivity index (χ3n) is 6.11. The van der Waals surface area contributed by atoms with Crippen molar-refractivity contribution in [2.75, 3.05) is 22.9 Å². The second-order valence-corrected chi connectivity index (χ2v) is 7.99. The van der Waals surface area contributed by atoms with Gasteiger partial charge in [-0.25, -0.2) is 4.79 Å². The highest BCUT2D eigenvalue weighted by Gasteiger charge is 2.40. The van der Waals surface area contributed by atoms with Crippen LogP contribution in [-0.2, 0) is 16.1 Å². The van der Waals surface area contributed by atoms with Crippen molar-refractivity contribution in [1.29, 1.82) is 5.26 Å². The van der Waals surface area contributed by atoms with Crippen molar-refractivity contribution in [3.63, 3.8) is 0 Å². The number of nitriles is 1. The van der Waals surface area contributed by atoms with E-state index in [1.165, 1.54) is 4.90 Å². The zero-order valence-electron chi connectivity index (χ0n) is 17.1. The van der Waals surface area contributed by atoms with E-state index in [9.17, 15) is 19.2 Å². The fourth-order valence-electron chi connectivity index (χ4n) is 4.49. The van der Waals surface area contributed by atoms with Crippen LogP contribution in [0.1, 0.15) is 34.3 Å². The lowest BCUT2D eigenvalue weighted by atomic mass is 10.0. The van der Waals surface area contributed by atoms with Crippen molar-refractivity contribution in [2.24, 2.45) is 0 Å². The van der Waals surface area contributed by atoms with E-state index in [0.717, 1.165) is 5.56 Å². The van der Waals surface area contributed by atoms with Crippen LogP contribution in [0, 0.1) is 11.3 Å². The van der Waals surface area contributed by atoms with E-state index >= 15 is 0 Å². The van der Waals surface area contributed by atoms with E-state index < -0.39 is 11.9 Å². The van der Waals surface area contributed by atoms with Gasteiger partial charge in [0.2, 0.25) is 11.8 Å². The summed E-state index contributed by atoms with van der Waals surface area (Å²) in [5, 5.41) is 11.4. The van der Waals surface area contributed by atoms with Crippen molar-refractivity contribution in [2.45, 2.75) is 25.4 Å². The predicted molar refractivity (Wildman–Crippen MR) is 114 cm³/mol. The Labute approximate surface area is 183 Å². The molecule has 2 saturated heterocycles. The lowest BCUT2D eigenvalue weighted by Crippen LogP contribution is -2.52. The van der Waals surface area contributed by atoms with Gasteiger partial charge in [-0.05, 0) is 48.4 Å². The molecule has 0 saturated carbocycles. The number of carbonyl (C=O) groups excluding carboxylic acids is 4. The molecule has 0 radical (unpaired) electrons. The molecule has 3 heterocycles. The molecule has 1 N–H and O–H groups in total. The predicted octanol–water partition coefficient (Wildman–Crippen LogP) is 1.77. The average Bonchev–Trinajstić information content (AvgIpc) is 3.33. The molecule has 5 amide bonds. The first-order chi connectivity index (χ1) is 15.5. The standard InChI is InChI=1S/C23H19N5O4/c24-12-14-2-1-3-16(10-14)26-8-9-27(23(26)32)17-4-5-18-15(11-17)13-28(22(18)31)19-6-7-20(29)25-21(19)30/h1-5,10-11,19H,6-9,13H2,(H,25,29,30). The topological polar surface area (TPSA) is 114 Å². The van der Waals surface area contributed by atoms with Gasteiger partial charge in [-0.2, -0.15) is 5.26 Å². The largest absolute Gasteiger partial charge is 0.329 e. The molecule has 3 aliphatic heterocycles. The van der Waals surface area contributed by atoms with E-state index in [2.05, 4.69) is 11.4 Å². The van der Waals surface area contributed by atoms with Crippen molar-refractivity contribution in [1.82, 2.24) is 10.2 Å². The number of piperidine rings is 1. The van der Waals surface area contributed by atoms with E-state index in [-0.39, 0.29) is 30.8 Å². The van der Waals surface area contributed by atoms with E-state index in [4.69, 9.17) is 5.26 Å². The summed E-state index contributed by atoms with van der Waals surface area (Å²) in [5.41, 5.74) is 3.07. The number of benzene rings is 2. The number of imide groups is 1. The molecule has 0 aliphatic carbocycles. The number of nitrogens with zero attached hydrogens (tertiary/aromatic N) is 4. The minimum absolute atomic E-state index is 0.201. The summed E-state index contributed by atoms with van der Waals surface area (Å²) >= 11 is 0. The van der Waals surface area contributed by atoms with Crippen LogP contribution < -0.4 is 15.1 Å². The minimum atomic E-state index is -0.674. The van der Waals surface area contributed by atoms with Crippen LogP contribution in [0.5, 0.6) is 0 Å². The highest BCUT2D eigenvalue weighted by molar-refractivity contribution is 6.08. The molecule has 2 fully saturated rings. The molecule has 2 aromatic rings. The summed E-state index contributed by atoms with van der Waals surface area (Å²) in [4.78, 5) is 54.3. The monoisotopic (exact) mass is 429 g/mol. The Bertz CT molecular complexity index is 1220. The highest BCUT2D eigenvalue weighted by Crippen LogP contribution is 2.32. The Hall–Kier alpha value is -4.19. The van der Waals surface area contributed by atoms with Gasteiger partial charge in [0.25, 0.3) is 5.91 Å². The number of carbonyl (C=O) groups is 4. The number of nitrogens with one attached hydrogen (secondary N) is 1. The van der Waals surface area contributed by atoms with Crippen molar-refractivity contribution in [3.8, 4) is 6.07 Å². The van der Waals surface area contributed by atoms with Gasteiger partial charge in [0.15, 0.2) is 0 Å². The molecular formula is C23H19N5O4.